The summed E-state index contributed by atoms with van der Waals surface area (Å²) in [6.45, 7) is 4.16. The SMILES string of the molecule is COc1ccccc1/C=C(\C#N)c1nc(-c2ccc(C)cc2C)cs1. The number of allylic oxidation sites excluding steroid dienone is 1. The van der Waals surface area contributed by atoms with Gasteiger partial charge in [0.15, 0.2) is 0 Å². The van der Waals surface area contributed by atoms with Crippen LogP contribution in [0.5, 0.6) is 5.75 Å². The van der Waals surface area contributed by atoms with Gasteiger partial charge in [0.1, 0.15) is 16.8 Å². The molecule has 0 spiro atoms. The molecule has 0 fully saturated rings. The molecular formula is C21H18N2OS. The Morgan fingerprint density at radius 3 is 2.72 bits per heavy atom. The van der Waals surface area contributed by atoms with E-state index < -0.39 is 0 Å². The fourth-order valence-electron chi connectivity index (χ4n) is 2.71. The maximum Gasteiger partial charge on any atom is 0.134 e. The smallest absolute Gasteiger partial charge is 0.134 e. The maximum absolute atomic E-state index is 9.58. The van der Waals surface area contributed by atoms with E-state index in [1.165, 1.54) is 22.5 Å². The van der Waals surface area contributed by atoms with Gasteiger partial charge in [-0.1, -0.05) is 42.0 Å². The lowest BCUT2D eigenvalue weighted by Crippen LogP contribution is -1.88. The second-order valence-corrected chi connectivity index (χ2v) is 6.63. The Kier molecular flexibility index (Phi) is 4.97. The van der Waals surface area contributed by atoms with E-state index in [1.54, 1.807) is 7.11 Å². The van der Waals surface area contributed by atoms with Crippen LogP contribution in [0.25, 0.3) is 22.9 Å². The predicted octanol–water partition coefficient (Wildman–Crippen LogP) is 5.50. The fraction of sp³-hybridized carbons (Fsp3) is 0.143. The summed E-state index contributed by atoms with van der Waals surface area (Å²) in [5, 5.41) is 12.3. The van der Waals surface area contributed by atoms with Crippen molar-refractivity contribution in [1.29, 1.82) is 5.26 Å². The zero-order chi connectivity index (χ0) is 17.8. The van der Waals surface area contributed by atoms with Crippen LogP contribution < -0.4 is 4.74 Å². The minimum atomic E-state index is 0.533. The standard InChI is InChI=1S/C21H18N2OS/c1-14-8-9-18(15(2)10-14)19-13-25-21(23-19)17(12-22)11-16-6-4-5-7-20(16)24-3/h4-11,13H,1-3H3/b17-11+. The van der Waals surface area contributed by atoms with E-state index in [0.29, 0.717) is 10.6 Å². The molecule has 0 saturated heterocycles. The number of methoxy groups -OCH3 is 1. The molecule has 0 aliphatic rings. The molecule has 25 heavy (non-hydrogen) atoms. The highest BCUT2D eigenvalue weighted by atomic mass is 32.1. The molecule has 0 unspecified atom stereocenters. The van der Waals surface area contributed by atoms with E-state index in [9.17, 15) is 5.26 Å². The minimum Gasteiger partial charge on any atom is -0.496 e. The third-order valence-corrected chi connectivity index (χ3v) is 4.83. The lowest BCUT2D eigenvalue weighted by atomic mass is 10.0. The van der Waals surface area contributed by atoms with Crippen LogP contribution in [0.2, 0.25) is 0 Å². The molecule has 0 N–H and O–H groups in total. The second kappa shape index (κ2) is 7.33. The Morgan fingerprint density at radius 2 is 2.00 bits per heavy atom. The molecule has 3 rings (SSSR count). The molecule has 0 atom stereocenters. The van der Waals surface area contributed by atoms with Gasteiger partial charge in [0.05, 0.1) is 18.4 Å². The predicted molar refractivity (Wildman–Crippen MR) is 104 cm³/mol. The Bertz CT molecular complexity index is 980. The molecule has 0 aliphatic heterocycles. The summed E-state index contributed by atoms with van der Waals surface area (Å²) in [6, 6.07) is 16.2. The number of para-hydroxylation sites is 1. The van der Waals surface area contributed by atoms with Crippen molar-refractivity contribution in [2.24, 2.45) is 0 Å². The van der Waals surface area contributed by atoms with E-state index >= 15 is 0 Å². The number of aryl methyl sites for hydroxylation is 2. The van der Waals surface area contributed by atoms with Crippen molar-refractivity contribution in [3.05, 3.63) is 69.5 Å². The van der Waals surface area contributed by atoms with E-state index in [1.807, 2.05) is 35.7 Å². The molecule has 3 aromatic rings. The number of nitriles is 1. The molecule has 1 aromatic heterocycles. The molecule has 0 amide bonds. The highest BCUT2D eigenvalue weighted by molar-refractivity contribution is 7.11. The summed E-state index contributed by atoms with van der Waals surface area (Å²) in [4.78, 5) is 4.68. The van der Waals surface area contributed by atoms with Crippen molar-refractivity contribution in [3.63, 3.8) is 0 Å². The van der Waals surface area contributed by atoms with E-state index in [-0.39, 0.29) is 0 Å². The monoisotopic (exact) mass is 346 g/mol. The van der Waals surface area contributed by atoms with Crippen molar-refractivity contribution in [1.82, 2.24) is 4.98 Å². The highest BCUT2D eigenvalue weighted by Crippen LogP contribution is 2.30. The second-order valence-electron chi connectivity index (χ2n) is 5.77. The van der Waals surface area contributed by atoms with Gasteiger partial charge in [0, 0.05) is 16.5 Å². The molecule has 0 radical (unpaired) electrons. The Balaban J connectivity index is 2.00. The van der Waals surface area contributed by atoms with E-state index in [0.717, 1.165) is 22.6 Å². The number of hydrogen-bond acceptors (Lipinski definition) is 4. The van der Waals surface area contributed by atoms with Gasteiger partial charge in [-0.3, -0.25) is 0 Å². The van der Waals surface area contributed by atoms with Crippen LogP contribution in [0.1, 0.15) is 21.7 Å². The van der Waals surface area contributed by atoms with Gasteiger partial charge in [0.2, 0.25) is 0 Å². The molecule has 3 nitrogen and oxygen atoms in total. The molecule has 0 bridgehead atoms. The van der Waals surface area contributed by atoms with Gasteiger partial charge in [0.25, 0.3) is 0 Å². The van der Waals surface area contributed by atoms with Crippen LogP contribution in [-0.4, -0.2) is 12.1 Å². The average molecular weight is 346 g/mol. The first-order chi connectivity index (χ1) is 12.1. The summed E-state index contributed by atoms with van der Waals surface area (Å²) >= 11 is 1.48. The first kappa shape index (κ1) is 16.9. The molecular weight excluding hydrogens is 328 g/mol. The van der Waals surface area contributed by atoms with Crippen LogP contribution >= 0.6 is 11.3 Å². The van der Waals surface area contributed by atoms with Crippen LogP contribution in [0, 0.1) is 25.2 Å². The Hall–Kier alpha value is -2.90. The van der Waals surface area contributed by atoms with Crippen LogP contribution in [0.15, 0.2) is 47.8 Å². The zero-order valence-corrected chi connectivity index (χ0v) is 15.2. The van der Waals surface area contributed by atoms with E-state index in [4.69, 9.17) is 4.74 Å². The van der Waals surface area contributed by atoms with Gasteiger partial charge in [-0.05, 0) is 31.6 Å². The number of benzene rings is 2. The average Bonchev–Trinajstić information content (AvgIpc) is 3.09. The molecule has 2 aromatic carbocycles. The van der Waals surface area contributed by atoms with Gasteiger partial charge in [-0.25, -0.2) is 4.98 Å². The van der Waals surface area contributed by atoms with Gasteiger partial charge in [-0.15, -0.1) is 11.3 Å². The summed E-state index contributed by atoms with van der Waals surface area (Å²) in [6.07, 6.45) is 1.82. The number of hydrogen-bond donors (Lipinski definition) is 0. The summed E-state index contributed by atoms with van der Waals surface area (Å²) in [5.74, 6) is 0.737. The van der Waals surface area contributed by atoms with Crippen molar-refractivity contribution >= 4 is 23.0 Å². The number of nitrogens with zero attached hydrogens (tertiary/aromatic N) is 2. The van der Waals surface area contributed by atoms with Crippen molar-refractivity contribution in [2.45, 2.75) is 13.8 Å². The normalized spacial score (nSPS) is 11.2. The summed E-state index contributed by atoms with van der Waals surface area (Å²) in [5.41, 5.74) is 5.81. The van der Waals surface area contributed by atoms with E-state index in [2.05, 4.69) is 43.1 Å². The highest BCUT2D eigenvalue weighted by Gasteiger charge is 2.11. The van der Waals surface area contributed by atoms with Crippen molar-refractivity contribution in [2.75, 3.05) is 7.11 Å². The topological polar surface area (TPSA) is 45.9 Å². The number of ether oxygens (including phenoxy) is 1. The maximum atomic E-state index is 9.58. The fourth-order valence-corrected chi connectivity index (χ4v) is 3.49. The van der Waals surface area contributed by atoms with Crippen LogP contribution in [0.3, 0.4) is 0 Å². The molecule has 0 saturated carbocycles. The third-order valence-electron chi connectivity index (χ3n) is 3.95. The van der Waals surface area contributed by atoms with Crippen LogP contribution in [0.4, 0.5) is 0 Å². The van der Waals surface area contributed by atoms with Gasteiger partial charge < -0.3 is 4.74 Å². The lowest BCUT2D eigenvalue weighted by Gasteiger charge is -2.04. The Morgan fingerprint density at radius 1 is 1.20 bits per heavy atom. The third kappa shape index (κ3) is 3.62. The van der Waals surface area contributed by atoms with Crippen molar-refractivity contribution in [3.8, 4) is 23.1 Å². The zero-order valence-electron chi connectivity index (χ0n) is 14.4. The molecule has 1 heterocycles. The first-order valence-electron chi connectivity index (χ1n) is 7.90. The summed E-state index contributed by atoms with van der Waals surface area (Å²) < 4.78 is 5.36. The molecule has 124 valence electrons. The minimum absolute atomic E-state index is 0.533. The molecule has 4 heteroatoms. The van der Waals surface area contributed by atoms with Gasteiger partial charge in [-0.2, -0.15) is 5.26 Å². The Labute approximate surface area is 151 Å². The first-order valence-corrected chi connectivity index (χ1v) is 8.78. The van der Waals surface area contributed by atoms with Gasteiger partial charge >= 0.3 is 0 Å². The number of aromatic nitrogens is 1. The largest absolute Gasteiger partial charge is 0.496 e. The number of rotatable bonds is 4. The lowest BCUT2D eigenvalue weighted by molar-refractivity contribution is 0.414. The summed E-state index contributed by atoms with van der Waals surface area (Å²) in [7, 11) is 1.63. The van der Waals surface area contributed by atoms with Crippen LogP contribution in [-0.2, 0) is 0 Å². The number of thiazole rings is 1. The quantitative estimate of drug-likeness (QED) is 0.586. The molecule has 0 aliphatic carbocycles. The van der Waals surface area contributed by atoms with Crippen molar-refractivity contribution < 1.29 is 4.74 Å².